The number of aliphatic carboxylic acids is 2. The lowest BCUT2D eigenvalue weighted by molar-refractivity contribution is -0.394. The Morgan fingerprint density at radius 1 is 1.23 bits per heavy atom. The minimum absolute atomic E-state index is 0.0131. The first-order chi connectivity index (χ1) is 20.6. The third kappa shape index (κ3) is 6.20. The summed E-state index contributed by atoms with van der Waals surface area (Å²) in [6, 6.07) is 1.76. The number of thioether (sulfide) groups is 1. The molecule has 2 atom stereocenters. The van der Waals surface area contributed by atoms with E-state index in [4.69, 9.17) is 10.6 Å². The van der Waals surface area contributed by atoms with Gasteiger partial charge in [0, 0.05) is 17.2 Å². The molecule has 18 nitrogen and oxygen atoms in total. The van der Waals surface area contributed by atoms with Crippen molar-refractivity contribution in [2.45, 2.75) is 30.9 Å². The van der Waals surface area contributed by atoms with Crippen LogP contribution in [-0.4, -0.2) is 82.2 Å². The van der Waals surface area contributed by atoms with Crippen LogP contribution in [0.3, 0.4) is 0 Å². The minimum Gasteiger partial charge on any atom is -0.478 e. The number of aromatic nitrogens is 1. The van der Waals surface area contributed by atoms with Crippen molar-refractivity contribution in [1.29, 1.82) is 0 Å². The maximum absolute atomic E-state index is 13.2. The minimum atomic E-state index is -1.82. The van der Waals surface area contributed by atoms with E-state index in [1.807, 2.05) is 0 Å². The second-order valence-electron chi connectivity index (χ2n) is 9.55. The fourth-order valence-corrected chi connectivity index (χ4v) is 5.78. The number of carboxylic acids is 2. The van der Waals surface area contributed by atoms with Crippen LogP contribution >= 0.6 is 23.1 Å². The maximum atomic E-state index is 13.2. The Bertz CT molecular complexity index is 1700. The topological polar surface area (TPSA) is 271 Å². The summed E-state index contributed by atoms with van der Waals surface area (Å²) in [4.78, 5) is 80.7. The molecule has 5 N–H and O–H groups in total. The first kappa shape index (κ1) is 31.6. The summed E-state index contributed by atoms with van der Waals surface area (Å²) in [5, 5.41) is 48.4. The van der Waals surface area contributed by atoms with Crippen LogP contribution in [0, 0.1) is 20.2 Å². The molecule has 0 spiro atoms. The molecule has 1 aromatic carbocycles. The first-order valence-electron chi connectivity index (χ1n) is 12.2. The number of allylic oxidation sites excluding steroid dienone is 1. The van der Waals surface area contributed by atoms with Crippen molar-refractivity contribution in [1.82, 2.24) is 15.2 Å². The Hall–Kier alpha value is -5.37. The predicted octanol–water partition coefficient (Wildman–Crippen LogP) is 1.58. The second kappa shape index (κ2) is 12.1. The van der Waals surface area contributed by atoms with Crippen LogP contribution in [-0.2, 0) is 24.0 Å². The molecule has 230 valence electrons. The number of hydrogen-bond donors (Lipinski definition) is 4. The van der Waals surface area contributed by atoms with E-state index in [0.717, 1.165) is 46.2 Å². The number of carbonyl (C=O) groups excluding carboxylic acids is 2. The Morgan fingerprint density at radius 2 is 1.93 bits per heavy atom. The van der Waals surface area contributed by atoms with Crippen LogP contribution < -0.4 is 11.1 Å². The molecule has 44 heavy (non-hydrogen) atoms. The molecule has 4 rings (SSSR count). The molecule has 0 unspecified atom stereocenters. The van der Waals surface area contributed by atoms with Crippen LogP contribution in [0.4, 0.5) is 16.5 Å². The number of oxime groups is 1. The summed E-state index contributed by atoms with van der Waals surface area (Å²) < 4.78 is 0. The van der Waals surface area contributed by atoms with Gasteiger partial charge < -0.3 is 26.1 Å². The van der Waals surface area contributed by atoms with Gasteiger partial charge in [-0.2, -0.15) is 0 Å². The Labute approximate surface area is 254 Å². The lowest BCUT2D eigenvalue weighted by Crippen LogP contribution is -2.71. The zero-order valence-electron chi connectivity index (χ0n) is 22.5. The second-order valence-corrected chi connectivity index (χ2v) is 11.5. The molecule has 2 aliphatic heterocycles. The van der Waals surface area contributed by atoms with Gasteiger partial charge in [0.2, 0.25) is 5.60 Å². The number of thiazole rings is 1. The Morgan fingerprint density at radius 3 is 2.50 bits per heavy atom. The van der Waals surface area contributed by atoms with Crippen LogP contribution in [0.1, 0.15) is 25.1 Å². The molecule has 1 aromatic heterocycles. The molecule has 0 saturated carbocycles. The molecule has 2 aromatic rings. The van der Waals surface area contributed by atoms with E-state index in [1.165, 1.54) is 31.4 Å². The van der Waals surface area contributed by atoms with E-state index < -0.39 is 73.4 Å². The fourth-order valence-electron chi connectivity index (χ4n) is 3.92. The van der Waals surface area contributed by atoms with Gasteiger partial charge in [-0.15, -0.1) is 23.1 Å². The number of β-lactam (4-membered cyclic amide) rings is 1. The van der Waals surface area contributed by atoms with Gasteiger partial charge in [-0.05, 0) is 31.6 Å². The lowest BCUT2D eigenvalue weighted by atomic mass is 10.0. The molecule has 20 heteroatoms. The number of rotatable bonds is 11. The van der Waals surface area contributed by atoms with Crippen molar-refractivity contribution < 1.29 is 44.1 Å². The van der Waals surface area contributed by atoms with Crippen LogP contribution in [0.5, 0.6) is 0 Å². The number of nitro benzene ring substituents is 2. The van der Waals surface area contributed by atoms with Crippen molar-refractivity contribution in [2.75, 3.05) is 11.5 Å². The summed E-state index contributed by atoms with van der Waals surface area (Å²) in [6.45, 7) is 2.39. The molecule has 1 saturated heterocycles. The molecule has 2 aliphatic rings. The number of nitrogen functional groups attached to an aromatic ring is 1. The number of nitrogens with one attached hydrogen (secondary N) is 1. The molecule has 0 radical (unpaired) electrons. The van der Waals surface area contributed by atoms with Gasteiger partial charge in [-0.1, -0.05) is 11.2 Å². The highest BCUT2D eigenvalue weighted by molar-refractivity contribution is 8.00. The maximum Gasteiger partial charge on any atom is 0.352 e. The standard InChI is InChI=1S/C24H21N7O11S2/c1-24(2,22(36)37)42-28-15(13-9-44-23(25)26-13)18(32)27-16-19(33)29-17(21(34)35)11(8-43-20(16)29)4-3-10-5-6-12(30(38)39)7-14(10)31(40)41/h3-7,9,16,20H,8H2,1-2H3,(H2,25,26)(H,27,32)(H,34,35)(H,36,37)/b4-3-,28-15?/t16-,20+/m1/s1. The van der Waals surface area contributed by atoms with E-state index in [0.29, 0.717) is 0 Å². The van der Waals surface area contributed by atoms with Gasteiger partial charge in [0.1, 0.15) is 22.8 Å². The van der Waals surface area contributed by atoms with Crippen molar-refractivity contribution in [2.24, 2.45) is 5.16 Å². The summed E-state index contributed by atoms with van der Waals surface area (Å²) in [5.41, 5.74) is 1.89. The zero-order chi connectivity index (χ0) is 32.5. The predicted molar refractivity (Wildman–Crippen MR) is 154 cm³/mol. The van der Waals surface area contributed by atoms with Crippen LogP contribution in [0.25, 0.3) is 6.08 Å². The van der Waals surface area contributed by atoms with Gasteiger partial charge in [-0.3, -0.25) is 34.7 Å². The van der Waals surface area contributed by atoms with Crippen molar-refractivity contribution in [3.63, 3.8) is 0 Å². The number of nitro groups is 2. The van der Waals surface area contributed by atoms with Crippen molar-refractivity contribution >= 4 is 75.1 Å². The summed E-state index contributed by atoms with van der Waals surface area (Å²) >= 11 is 2.06. The molecule has 3 heterocycles. The van der Waals surface area contributed by atoms with Gasteiger partial charge in [0.25, 0.3) is 23.2 Å². The van der Waals surface area contributed by atoms with Gasteiger partial charge in [-0.25, -0.2) is 14.6 Å². The number of fused-ring (bicyclic) bond motifs is 1. The highest BCUT2D eigenvalue weighted by atomic mass is 32.2. The average molecular weight is 648 g/mol. The summed E-state index contributed by atoms with van der Waals surface area (Å²) in [6.07, 6.45) is 2.48. The van der Waals surface area contributed by atoms with E-state index in [-0.39, 0.29) is 27.7 Å². The number of hydrogen-bond acceptors (Lipinski definition) is 14. The molecule has 2 amide bonds. The lowest BCUT2D eigenvalue weighted by Gasteiger charge is -2.49. The van der Waals surface area contributed by atoms with E-state index >= 15 is 0 Å². The van der Waals surface area contributed by atoms with Crippen molar-refractivity contribution in [3.8, 4) is 0 Å². The average Bonchev–Trinajstić information content (AvgIpc) is 3.39. The van der Waals surface area contributed by atoms with E-state index in [9.17, 15) is 49.6 Å². The Kier molecular flexibility index (Phi) is 8.67. The largest absolute Gasteiger partial charge is 0.478 e. The number of benzene rings is 1. The van der Waals surface area contributed by atoms with Crippen LogP contribution in [0.15, 0.2) is 46.1 Å². The molecular formula is C24H21N7O11S2. The van der Waals surface area contributed by atoms with E-state index in [2.05, 4.69) is 15.5 Å². The Balaban J connectivity index is 1.58. The summed E-state index contributed by atoms with van der Waals surface area (Å²) in [7, 11) is 0. The molecule has 0 bridgehead atoms. The first-order valence-corrected chi connectivity index (χ1v) is 14.1. The molecular weight excluding hydrogens is 626 g/mol. The third-order valence-electron chi connectivity index (χ3n) is 6.23. The number of nitrogens with two attached hydrogens (primary N) is 1. The van der Waals surface area contributed by atoms with E-state index in [1.54, 1.807) is 0 Å². The van der Waals surface area contributed by atoms with Gasteiger partial charge in [0.05, 0.1) is 21.5 Å². The smallest absolute Gasteiger partial charge is 0.352 e. The SMILES string of the molecule is CC(C)(ON=C(C(=O)N[C@@H]1C(=O)N2C(C(=O)O)=C(/C=C\c3ccc([N+](=O)[O-])cc3[N+](=O)[O-])CS[C@@H]12)c1csc(N)n1)C(=O)O. The highest BCUT2D eigenvalue weighted by Crippen LogP contribution is 2.41. The van der Waals surface area contributed by atoms with Gasteiger partial charge >= 0.3 is 11.9 Å². The number of nitrogens with zero attached hydrogens (tertiary/aromatic N) is 5. The van der Waals surface area contributed by atoms with Crippen LogP contribution in [0.2, 0.25) is 0 Å². The fraction of sp³-hybridized carbons (Fsp3) is 0.250. The summed E-state index contributed by atoms with van der Waals surface area (Å²) in [5.74, 6) is -4.59. The number of amides is 2. The normalized spacial score (nSPS) is 18.5. The number of anilines is 1. The molecule has 1 fully saturated rings. The third-order valence-corrected chi connectivity index (χ3v) is 8.21. The number of non-ortho nitro benzene ring substituents is 1. The zero-order valence-corrected chi connectivity index (χ0v) is 24.2. The van der Waals surface area contributed by atoms with Crippen molar-refractivity contribution in [3.05, 3.63) is 72.4 Å². The van der Waals surface area contributed by atoms with Gasteiger partial charge in [0.15, 0.2) is 10.8 Å². The highest BCUT2D eigenvalue weighted by Gasteiger charge is 2.54. The number of carbonyl (C=O) groups is 4. The monoisotopic (exact) mass is 647 g/mol. The molecule has 0 aliphatic carbocycles. The quantitative estimate of drug-likeness (QED) is 0.117. The number of carboxylic acid groups (broad SMARTS) is 2.